The van der Waals surface area contributed by atoms with E-state index in [-0.39, 0.29) is 24.5 Å². The molecule has 0 atom stereocenters. The van der Waals surface area contributed by atoms with Gasteiger partial charge in [0, 0.05) is 18.5 Å². The van der Waals surface area contributed by atoms with Crippen LogP contribution in [0.1, 0.15) is 36.1 Å². The van der Waals surface area contributed by atoms with Crippen molar-refractivity contribution in [3.63, 3.8) is 0 Å². The average molecular weight is 269 g/mol. The summed E-state index contributed by atoms with van der Waals surface area (Å²) in [4.78, 5) is 14.4. The topological polar surface area (TPSA) is 66.3 Å². The van der Waals surface area contributed by atoms with E-state index in [0.29, 0.717) is 17.1 Å². The molecule has 0 aromatic carbocycles. The number of hydrogen-bond acceptors (Lipinski definition) is 5. The predicted octanol–water partition coefficient (Wildman–Crippen LogP) is 1.46. The summed E-state index contributed by atoms with van der Waals surface area (Å²) in [5.74, 6) is -0.149. The third kappa shape index (κ3) is 3.36. The Bertz CT molecular complexity index is 423. The maximum absolute atomic E-state index is 12.4. The Morgan fingerprint density at radius 1 is 1.56 bits per heavy atom. The van der Waals surface area contributed by atoms with Gasteiger partial charge in [-0.05, 0) is 11.5 Å². The van der Waals surface area contributed by atoms with Gasteiger partial charge in [0.2, 0.25) is 0 Å². The largest absolute Gasteiger partial charge is 0.395 e. The SMILES string of the molecule is C=CCN(CCO)C(=O)c1snnc1C(C)(C)C. The smallest absolute Gasteiger partial charge is 0.267 e. The first kappa shape index (κ1) is 14.8. The summed E-state index contributed by atoms with van der Waals surface area (Å²) in [5, 5.41) is 13.0. The van der Waals surface area contributed by atoms with E-state index in [9.17, 15) is 4.79 Å². The molecule has 0 saturated heterocycles. The molecule has 1 amide bonds. The van der Waals surface area contributed by atoms with Gasteiger partial charge in [0.25, 0.3) is 5.91 Å². The molecule has 1 aromatic rings. The highest BCUT2D eigenvalue weighted by Crippen LogP contribution is 2.26. The summed E-state index contributed by atoms with van der Waals surface area (Å²) in [7, 11) is 0. The third-order valence-corrected chi connectivity index (χ3v) is 3.11. The van der Waals surface area contributed by atoms with Gasteiger partial charge in [-0.15, -0.1) is 11.7 Å². The van der Waals surface area contributed by atoms with Crippen molar-refractivity contribution < 1.29 is 9.90 Å². The van der Waals surface area contributed by atoms with Crippen LogP contribution < -0.4 is 0 Å². The van der Waals surface area contributed by atoms with Gasteiger partial charge >= 0.3 is 0 Å². The summed E-state index contributed by atoms with van der Waals surface area (Å²) in [6.07, 6.45) is 1.64. The molecule has 0 radical (unpaired) electrons. The molecule has 1 rings (SSSR count). The lowest BCUT2D eigenvalue weighted by atomic mass is 9.91. The zero-order valence-electron chi connectivity index (χ0n) is 11.0. The van der Waals surface area contributed by atoms with E-state index < -0.39 is 0 Å². The van der Waals surface area contributed by atoms with E-state index in [2.05, 4.69) is 16.2 Å². The first-order valence-electron chi connectivity index (χ1n) is 5.75. The highest BCUT2D eigenvalue weighted by Gasteiger charge is 2.28. The molecule has 5 nitrogen and oxygen atoms in total. The summed E-state index contributed by atoms with van der Waals surface area (Å²) in [5.41, 5.74) is 0.473. The van der Waals surface area contributed by atoms with Gasteiger partial charge < -0.3 is 10.0 Å². The highest BCUT2D eigenvalue weighted by atomic mass is 32.1. The van der Waals surface area contributed by atoms with E-state index in [1.54, 1.807) is 6.08 Å². The number of amides is 1. The predicted molar refractivity (Wildman–Crippen MR) is 71.8 cm³/mol. The normalized spacial score (nSPS) is 11.3. The fourth-order valence-electron chi connectivity index (χ4n) is 1.52. The molecular weight excluding hydrogens is 250 g/mol. The van der Waals surface area contributed by atoms with Crippen LogP contribution in [0.5, 0.6) is 0 Å². The Hall–Kier alpha value is -1.27. The molecule has 0 aliphatic rings. The number of rotatable bonds is 5. The molecule has 0 unspecified atom stereocenters. The molecular formula is C12H19N3O2S. The number of carbonyl (C=O) groups is 1. The number of aliphatic hydroxyl groups excluding tert-OH is 1. The Morgan fingerprint density at radius 3 is 2.72 bits per heavy atom. The van der Waals surface area contributed by atoms with Crippen LogP contribution in [0.4, 0.5) is 0 Å². The lowest BCUT2D eigenvalue weighted by Gasteiger charge is -2.22. The number of carbonyl (C=O) groups excluding carboxylic acids is 1. The van der Waals surface area contributed by atoms with E-state index in [0.717, 1.165) is 11.5 Å². The van der Waals surface area contributed by atoms with E-state index in [4.69, 9.17) is 5.11 Å². The van der Waals surface area contributed by atoms with Crippen molar-refractivity contribution >= 4 is 17.4 Å². The minimum atomic E-state index is -0.225. The van der Waals surface area contributed by atoms with E-state index in [1.165, 1.54) is 4.90 Å². The summed E-state index contributed by atoms with van der Waals surface area (Å²) in [6, 6.07) is 0. The standard InChI is InChI=1S/C12H19N3O2S/c1-5-6-15(7-8-16)11(17)9-10(12(2,3)4)13-14-18-9/h5,16H,1,6-8H2,2-4H3. The molecule has 0 fully saturated rings. The van der Waals surface area contributed by atoms with E-state index >= 15 is 0 Å². The van der Waals surface area contributed by atoms with Crippen LogP contribution in [0, 0.1) is 0 Å². The fraction of sp³-hybridized carbons (Fsp3) is 0.583. The van der Waals surface area contributed by atoms with Crippen molar-refractivity contribution in [2.45, 2.75) is 26.2 Å². The second-order valence-corrected chi connectivity index (χ2v) is 5.72. The Labute approximate surface area is 111 Å². The highest BCUT2D eigenvalue weighted by molar-refractivity contribution is 7.08. The lowest BCUT2D eigenvalue weighted by molar-refractivity contribution is 0.0745. The maximum Gasteiger partial charge on any atom is 0.267 e. The van der Waals surface area contributed by atoms with Crippen molar-refractivity contribution in [3.8, 4) is 0 Å². The number of aromatic nitrogens is 2. The van der Waals surface area contributed by atoms with Crippen LogP contribution in [0.3, 0.4) is 0 Å². The van der Waals surface area contributed by atoms with Crippen LogP contribution in [0.25, 0.3) is 0 Å². The maximum atomic E-state index is 12.4. The van der Waals surface area contributed by atoms with Crippen LogP contribution in [-0.2, 0) is 5.41 Å². The van der Waals surface area contributed by atoms with Crippen molar-refractivity contribution in [3.05, 3.63) is 23.2 Å². The van der Waals surface area contributed by atoms with Gasteiger partial charge in [-0.3, -0.25) is 4.79 Å². The molecule has 1 heterocycles. The van der Waals surface area contributed by atoms with Gasteiger partial charge in [0.1, 0.15) is 4.88 Å². The molecule has 0 aliphatic carbocycles. The van der Waals surface area contributed by atoms with Crippen LogP contribution >= 0.6 is 11.5 Å². The number of hydrogen-bond donors (Lipinski definition) is 1. The quantitative estimate of drug-likeness (QED) is 0.822. The molecule has 0 saturated carbocycles. The lowest BCUT2D eigenvalue weighted by Crippen LogP contribution is -2.34. The minimum Gasteiger partial charge on any atom is -0.395 e. The minimum absolute atomic E-state index is 0.0728. The molecule has 100 valence electrons. The van der Waals surface area contributed by atoms with Gasteiger partial charge in [-0.1, -0.05) is 31.3 Å². The van der Waals surface area contributed by atoms with Gasteiger partial charge in [0.15, 0.2) is 0 Å². The third-order valence-electron chi connectivity index (χ3n) is 2.40. The van der Waals surface area contributed by atoms with Gasteiger partial charge in [0.05, 0.1) is 12.3 Å². The molecule has 6 heteroatoms. The van der Waals surface area contributed by atoms with Crippen LogP contribution in [0.15, 0.2) is 12.7 Å². The first-order chi connectivity index (χ1) is 8.41. The molecule has 1 N–H and O–H groups in total. The molecule has 0 aliphatic heterocycles. The summed E-state index contributed by atoms with van der Waals surface area (Å²) >= 11 is 1.10. The Kier molecular flexibility index (Phi) is 4.98. The molecule has 1 aromatic heterocycles. The zero-order chi connectivity index (χ0) is 13.8. The first-order valence-corrected chi connectivity index (χ1v) is 6.53. The van der Waals surface area contributed by atoms with Crippen molar-refractivity contribution in [1.29, 1.82) is 0 Å². The summed E-state index contributed by atoms with van der Waals surface area (Å²) < 4.78 is 3.87. The zero-order valence-corrected chi connectivity index (χ0v) is 11.8. The van der Waals surface area contributed by atoms with Crippen molar-refractivity contribution in [2.75, 3.05) is 19.7 Å². The molecule has 18 heavy (non-hydrogen) atoms. The van der Waals surface area contributed by atoms with Crippen molar-refractivity contribution in [1.82, 2.24) is 14.5 Å². The second-order valence-electron chi connectivity index (χ2n) is 4.96. The van der Waals surface area contributed by atoms with Crippen LogP contribution in [0.2, 0.25) is 0 Å². The van der Waals surface area contributed by atoms with Gasteiger partial charge in [-0.2, -0.15) is 0 Å². The molecule has 0 bridgehead atoms. The number of aliphatic hydroxyl groups is 1. The summed E-state index contributed by atoms with van der Waals surface area (Å²) in [6.45, 7) is 10.2. The van der Waals surface area contributed by atoms with E-state index in [1.807, 2.05) is 20.8 Å². The molecule has 0 spiro atoms. The Morgan fingerprint density at radius 2 is 2.22 bits per heavy atom. The van der Waals surface area contributed by atoms with Gasteiger partial charge in [-0.25, -0.2) is 0 Å². The monoisotopic (exact) mass is 269 g/mol. The Balaban J connectivity index is 3.02. The van der Waals surface area contributed by atoms with Crippen LogP contribution in [-0.4, -0.2) is 45.2 Å². The number of nitrogens with zero attached hydrogens (tertiary/aromatic N) is 3. The average Bonchev–Trinajstić information content (AvgIpc) is 2.76. The second kappa shape index (κ2) is 6.06. The fourth-order valence-corrected chi connectivity index (χ4v) is 2.36. The van der Waals surface area contributed by atoms with Crippen molar-refractivity contribution in [2.24, 2.45) is 0 Å².